The zero-order chi connectivity index (χ0) is 12.3. The van der Waals surface area contributed by atoms with Crippen LogP contribution in [0.4, 0.5) is 0 Å². The Kier molecular flexibility index (Phi) is 4.06. The number of carbonyl (C=O) groups is 1. The highest BCUT2D eigenvalue weighted by Crippen LogP contribution is 2.20. The quantitative estimate of drug-likeness (QED) is 0.784. The zero-order valence-corrected chi connectivity index (χ0v) is 10.0. The lowest BCUT2D eigenvalue weighted by molar-refractivity contribution is -0.141. The van der Waals surface area contributed by atoms with Gasteiger partial charge in [-0.2, -0.15) is 5.10 Å². The number of aromatic nitrogens is 2. The van der Waals surface area contributed by atoms with Crippen molar-refractivity contribution >= 4 is 5.97 Å². The van der Waals surface area contributed by atoms with Gasteiger partial charge < -0.3 is 10.8 Å². The number of rotatable bonds is 5. The summed E-state index contributed by atoms with van der Waals surface area (Å²) in [5.41, 5.74) is 8.39. The van der Waals surface area contributed by atoms with Gasteiger partial charge in [0.1, 0.15) is 0 Å². The van der Waals surface area contributed by atoms with Crippen molar-refractivity contribution < 1.29 is 9.90 Å². The van der Waals surface area contributed by atoms with Gasteiger partial charge in [0.25, 0.3) is 0 Å². The van der Waals surface area contributed by atoms with Crippen molar-refractivity contribution in [3.05, 3.63) is 17.0 Å². The fraction of sp³-hybridized carbons (Fsp3) is 0.636. The molecule has 0 aliphatic rings. The summed E-state index contributed by atoms with van der Waals surface area (Å²) in [6.07, 6.45) is 1.27. The van der Waals surface area contributed by atoms with Crippen LogP contribution in [0.25, 0.3) is 0 Å². The molecule has 16 heavy (non-hydrogen) atoms. The van der Waals surface area contributed by atoms with E-state index in [0.29, 0.717) is 13.0 Å². The average Bonchev–Trinajstić information content (AvgIpc) is 2.50. The SMILES string of the molecule is CCc1c(C)nn(C(CCN)C(=O)O)c1C. The molecule has 5 heteroatoms. The topological polar surface area (TPSA) is 81.1 Å². The second kappa shape index (κ2) is 5.12. The van der Waals surface area contributed by atoms with Crippen molar-refractivity contribution in [2.75, 3.05) is 6.54 Å². The van der Waals surface area contributed by atoms with Gasteiger partial charge in [0.2, 0.25) is 0 Å². The van der Waals surface area contributed by atoms with Crippen LogP contribution in [-0.2, 0) is 11.2 Å². The highest BCUT2D eigenvalue weighted by molar-refractivity contribution is 5.71. The van der Waals surface area contributed by atoms with Gasteiger partial charge in [0.15, 0.2) is 6.04 Å². The first-order chi connectivity index (χ1) is 7.52. The van der Waals surface area contributed by atoms with Gasteiger partial charge in [-0.1, -0.05) is 6.92 Å². The normalized spacial score (nSPS) is 12.8. The van der Waals surface area contributed by atoms with E-state index in [0.717, 1.165) is 23.4 Å². The van der Waals surface area contributed by atoms with Crippen LogP contribution in [0.5, 0.6) is 0 Å². The third kappa shape index (κ3) is 2.24. The number of nitrogens with two attached hydrogens (primary N) is 1. The van der Waals surface area contributed by atoms with E-state index >= 15 is 0 Å². The van der Waals surface area contributed by atoms with Crippen LogP contribution >= 0.6 is 0 Å². The van der Waals surface area contributed by atoms with Gasteiger partial charge in [-0.15, -0.1) is 0 Å². The summed E-state index contributed by atoms with van der Waals surface area (Å²) in [6.45, 7) is 6.20. The molecule has 0 aliphatic carbocycles. The minimum Gasteiger partial charge on any atom is -0.480 e. The van der Waals surface area contributed by atoms with Gasteiger partial charge in [-0.25, -0.2) is 4.79 Å². The Labute approximate surface area is 95.3 Å². The van der Waals surface area contributed by atoms with Gasteiger partial charge in [0, 0.05) is 5.69 Å². The Bertz CT molecular complexity index is 385. The molecule has 1 heterocycles. The van der Waals surface area contributed by atoms with Crippen LogP contribution in [0.2, 0.25) is 0 Å². The van der Waals surface area contributed by atoms with E-state index in [2.05, 4.69) is 5.10 Å². The fourth-order valence-corrected chi connectivity index (χ4v) is 2.02. The van der Waals surface area contributed by atoms with E-state index in [1.165, 1.54) is 0 Å². The molecule has 0 saturated heterocycles. The maximum Gasteiger partial charge on any atom is 0.328 e. The Morgan fingerprint density at radius 1 is 1.56 bits per heavy atom. The molecule has 1 aromatic rings. The predicted octanol–water partition coefficient (Wildman–Crippen LogP) is 1.04. The van der Waals surface area contributed by atoms with E-state index in [1.807, 2.05) is 20.8 Å². The zero-order valence-electron chi connectivity index (χ0n) is 10.0. The van der Waals surface area contributed by atoms with Crippen LogP contribution in [0.3, 0.4) is 0 Å². The largest absolute Gasteiger partial charge is 0.480 e. The number of carboxylic acid groups (broad SMARTS) is 1. The van der Waals surface area contributed by atoms with Crippen LogP contribution in [0, 0.1) is 13.8 Å². The van der Waals surface area contributed by atoms with Gasteiger partial charge in [-0.05, 0) is 38.8 Å². The highest BCUT2D eigenvalue weighted by Gasteiger charge is 2.23. The van der Waals surface area contributed by atoms with Crippen LogP contribution in [0.15, 0.2) is 0 Å². The second-order valence-corrected chi connectivity index (χ2v) is 3.88. The molecule has 1 rings (SSSR count). The molecule has 3 N–H and O–H groups in total. The van der Waals surface area contributed by atoms with E-state index in [4.69, 9.17) is 10.8 Å². The summed E-state index contributed by atoms with van der Waals surface area (Å²) in [5, 5.41) is 13.4. The molecule has 90 valence electrons. The van der Waals surface area contributed by atoms with E-state index in [9.17, 15) is 4.79 Å². The smallest absolute Gasteiger partial charge is 0.328 e. The Balaban J connectivity index is 3.14. The maximum absolute atomic E-state index is 11.1. The lowest BCUT2D eigenvalue weighted by Crippen LogP contribution is -2.24. The lowest BCUT2D eigenvalue weighted by atomic mass is 10.1. The minimum atomic E-state index is -0.876. The predicted molar refractivity (Wildman–Crippen MR) is 61.4 cm³/mol. The van der Waals surface area contributed by atoms with Crippen LogP contribution in [-0.4, -0.2) is 27.4 Å². The second-order valence-electron chi connectivity index (χ2n) is 3.88. The third-order valence-corrected chi connectivity index (χ3v) is 2.85. The van der Waals surface area contributed by atoms with E-state index in [-0.39, 0.29) is 0 Å². The Morgan fingerprint density at radius 3 is 2.56 bits per heavy atom. The third-order valence-electron chi connectivity index (χ3n) is 2.85. The Hall–Kier alpha value is -1.36. The molecule has 0 aromatic carbocycles. The van der Waals surface area contributed by atoms with Gasteiger partial charge >= 0.3 is 5.97 Å². The lowest BCUT2D eigenvalue weighted by Gasteiger charge is -2.13. The van der Waals surface area contributed by atoms with Crippen molar-refractivity contribution in [3.63, 3.8) is 0 Å². The molecule has 0 fully saturated rings. The fourth-order valence-electron chi connectivity index (χ4n) is 2.02. The number of hydrogen-bond acceptors (Lipinski definition) is 3. The molecule has 0 radical (unpaired) electrons. The van der Waals surface area contributed by atoms with Crippen molar-refractivity contribution in [2.45, 2.75) is 39.7 Å². The molecule has 0 amide bonds. The molecule has 5 nitrogen and oxygen atoms in total. The van der Waals surface area contributed by atoms with E-state index in [1.54, 1.807) is 4.68 Å². The molecular weight excluding hydrogens is 206 g/mol. The first-order valence-electron chi connectivity index (χ1n) is 5.50. The van der Waals surface area contributed by atoms with Crippen molar-refractivity contribution in [1.82, 2.24) is 9.78 Å². The highest BCUT2D eigenvalue weighted by atomic mass is 16.4. The average molecular weight is 225 g/mol. The van der Waals surface area contributed by atoms with Gasteiger partial charge in [-0.3, -0.25) is 4.68 Å². The minimum absolute atomic E-state index is 0.344. The summed E-state index contributed by atoms with van der Waals surface area (Å²) >= 11 is 0. The number of carboxylic acids is 1. The first-order valence-corrected chi connectivity index (χ1v) is 5.50. The molecule has 1 unspecified atom stereocenters. The Morgan fingerprint density at radius 2 is 2.19 bits per heavy atom. The van der Waals surface area contributed by atoms with E-state index < -0.39 is 12.0 Å². The molecule has 0 saturated carbocycles. The summed E-state index contributed by atoms with van der Waals surface area (Å²) < 4.78 is 1.59. The summed E-state index contributed by atoms with van der Waals surface area (Å²) in [6, 6.07) is -0.649. The van der Waals surface area contributed by atoms with Crippen LogP contribution in [0.1, 0.15) is 36.3 Å². The standard InChI is InChI=1S/C11H19N3O2/c1-4-9-7(2)13-14(8(9)3)10(5-6-12)11(15)16/h10H,4-6,12H2,1-3H3,(H,15,16). The van der Waals surface area contributed by atoms with Gasteiger partial charge in [0.05, 0.1) is 5.69 Å². The molecule has 0 spiro atoms. The molecular formula is C11H19N3O2. The number of hydrogen-bond donors (Lipinski definition) is 2. The first kappa shape index (κ1) is 12.7. The molecule has 0 bridgehead atoms. The summed E-state index contributed by atoms with van der Waals surface area (Å²) in [4.78, 5) is 11.1. The number of nitrogens with zero attached hydrogens (tertiary/aromatic N) is 2. The number of aliphatic carboxylic acids is 1. The van der Waals surface area contributed by atoms with Crippen molar-refractivity contribution in [1.29, 1.82) is 0 Å². The maximum atomic E-state index is 11.1. The van der Waals surface area contributed by atoms with Crippen LogP contribution < -0.4 is 5.73 Å². The van der Waals surface area contributed by atoms with Crippen molar-refractivity contribution in [2.24, 2.45) is 5.73 Å². The molecule has 0 aliphatic heterocycles. The number of aryl methyl sites for hydroxylation is 1. The molecule has 1 atom stereocenters. The van der Waals surface area contributed by atoms with Crippen molar-refractivity contribution in [3.8, 4) is 0 Å². The summed E-state index contributed by atoms with van der Waals surface area (Å²) in [7, 11) is 0. The summed E-state index contributed by atoms with van der Waals surface area (Å²) in [5.74, 6) is -0.876. The monoisotopic (exact) mass is 225 g/mol. The molecule has 1 aromatic heterocycles.